The molecule has 1 unspecified atom stereocenters. The normalized spacial score (nSPS) is 22.1. The Kier molecular flexibility index (Phi) is 4.75. The van der Waals surface area contributed by atoms with Gasteiger partial charge in [0.15, 0.2) is 11.6 Å². The summed E-state index contributed by atoms with van der Waals surface area (Å²) < 4.78 is 34.3. The van der Waals surface area contributed by atoms with E-state index < -0.39 is 34.8 Å². The van der Waals surface area contributed by atoms with Gasteiger partial charge in [-0.3, -0.25) is 9.59 Å². The number of thiazole rings is 1. The number of hydrogen-bond donors (Lipinski definition) is 2. The number of aliphatic hydroxyl groups is 1. The number of nitrogens with zero attached hydrogens (tertiary/aromatic N) is 2. The zero-order chi connectivity index (χ0) is 21.7. The predicted octanol–water partition coefficient (Wildman–Crippen LogP) is 1.73. The van der Waals surface area contributed by atoms with E-state index in [2.05, 4.69) is 16.8 Å². The summed E-state index contributed by atoms with van der Waals surface area (Å²) in [6.45, 7) is -0.360. The lowest BCUT2D eigenvalue weighted by Crippen LogP contribution is -2.51. The van der Waals surface area contributed by atoms with Crippen molar-refractivity contribution in [2.24, 2.45) is 5.73 Å². The molecule has 1 fully saturated rings. The van der Waals surface area contributed by atoms with Crippen LogP contribution in [-0.4, -0.2) is 52.6 Å². The van der Waals surface area contributed by atoms with Gasteiger partial charge in [-0.15, -0.1) is 11.3 Å². The summed E-state index contributed by atoms with van der Waals surface area (Å²) in [5.74, 6) is 0.799. The maximum absolute atomic E-state index is 14.5. The maximum Gasteiger partial charge on any atom is 0.317 e. The molecule has 30 heavy (non-hydrogen) atoms. The average Bonchev–Trinajstić information content (AvgIpc) is 3.12. The van der Waals surface area contributed by atoms with Gasteiger partial charge in [0.2, 0.25) is 5.60 Å². The van der Waals surface area contributed by atoms with Crippen LogP contribution in [0.3, 0.4) is 0 Å². The van der Waals surface area contributed by atoms with Crippen LogP contribution < -0.4 is 10.5 Å². The Hall–Kier alpha value is -3.03. The molecule has 0 radical (unpaired) electrons. The van der Waals surface area contributed by atoms with Crippen molar-refractivity contribution in [3.8, 4) is 28.8 Å². The summed E-state index contributed by atoms with van der Waals surface area (Å²) in [6, 6.07) is 4.48. The molecule has 0 saturated carbocycles. The fraction of sp³-hybridized carbons (Fsp3) is 0.350. The molecule has 156 valence electrons. The van der Waals surface area contributed by atoms with Crippen molar-refractivity contribution in [1.82, 2.24) is 9.88 Å². The van der Waals surface area contributed by atoms with E-state index in [4.69, 9.17) is 10.5 Å². The summed E-state index contributed by atoms with van der Waals surface area (Å²) in [5.41, 5.74) is 3.93. The summed E-state index contributed by atoms with van der Waals surface area (Å²) >= 11 is 0.527. The molecule has 2 aromatic rings. The fourth-order valence-electron chi connectivity index (χ4n) is 3.40. The number of carbonyl (C=O) groups excluding carboxylic acids is 2. The molecule has 0 aliphatic carbocycles. The van der Waals surface area contributed by atoms with Crippen molar-refractivity contribution >= 4 is 23.2 Å². The minimum atomic E-state index is -3.35. The number of carbonyl (C=O) groups is 2. The second-order valence-corrected chi connectivity index (χ2v) is 8.20. The van der Waals surface area contributed by atoms with E-state index in [9.17, 15) is 23.5 Å². The molecule has 0 bridgehead atoms. The van der Waals surface area contributed by atoms with Crippen molar-refractivity contribution in [3.05, 3.63) is 33.6 Å². The highest BCUT2D eigenvalue weighted by Gasteiger charge is 2.42. The lowest BCUT2D eigenvalue weighted by Gasteiger charge is -2.32. The topological polar surface area (TPSA) is 106 Å². The largest absolute Gasteiger partial charge is 0.486 e. The molecule has 10 heteroatoms. The smallest absolute Gasteiger partial charge is 0.317 e. The Morgan fingerprint density at radius 3 is 2.93 bits per heavy atom. The van der Waals surface area contributed by atoms with Gasteiger partial charge >= 0.3 is 5.92 Å². The van der Waals surface area contributed by atoms with Crippen molar-refractivity contribution in [2.75, 3.05) is 20.2 Å². The van der Waals surface area contributed by atoms with Gasteiger partial charge in [-0.1, -0.05) is 11.8 Å². The number of likely N-dealkylation sites (tertiary alicyclic amines) is 1. The summed E-state index contributed by atoms with van der Waals surface area (Å²) in [5, 5.41) is 10.4. The minimum absolute atomic E-state index is 0.0952. The average molecular weight is 433 g/mol. The van der Waals surface area contributed by atoms with Crippen LogP contribution in [0.25, 0.3) is 11.3 Å². The van der Waals surface area contributed by atoms with Gasteiger partial charge < -0.3 is 20.5 Å². The Balaban J connectivity index is 1.78. The first-order chi connectivity index (χ1) is 14.1. The van der Waals surface area contributed by atoms with Crippen LogP contribution in [0.5, 0.6) is 5.75 Å². The van der Waals surface area contributed by atoms with Crippen LogP contribution in [0, 0.1) is 11.8 Å². The molecule has 2 amide bonds. The van der Waals surface area contributed by atoms with Crippen LogP contribution in [0.2, 0.25) is 0 Å². The van der Waals surface area contributed by atoms with E-state index in [-0.39, 0.29) is 28.4 Å². The van der Waals surface area contributed by atoms with Gasteiger partial charge in [-0.05, 0) is 31.0 Å². The van der Waals surface area contributed by atoms with E-state index in [1.165, 1.54) is 23.1 Å². The van der Waals surface area contributed by atoms with Crippen molar-refractivity contribution < 1.29 is 28.2 Å². The highest BCUT2D eigenvalue weighted by atomic mass is 32.1. The second-order valence-electron chi connectivity index (χ2n) is 7.21. The zero-order valence-electron chi connectivity index (χ0n) is 15.9. The molecular weight excluding hydrogens is 416 g/mol. The molecule has 1 aromatic carbocycles. The molecule has 3 N–H and O–H groups in total. The molecule has 7 nitrogen and oxygen atoms in total. The third-order valence-electron chi connectivity index (χ3n) is 4.96. The third kappa shape index (κ3) is 3.40. The number of halogens is 2. The van der Waals surface area contributed by atoms with Gasteiger partial charge in [0.1, 0.15) is 10.6 Å². The van der Waals surface area contributed by atoms with Crippen LogP contribution in [0.1, 0.15) is 33.1 Å². The van der Waals surface area contributed by atoms with Crippen LogP contribution in [0.4, 0.5) is 8.78 Å². The zero-order valence-corrected chi connectivity index (χ0v) is 16.7. The van der Waals surface area contributed by atoms with Crippen LogP contribution >= 0.6 is 11.3 Å². The molecule has 4 rings (SSSR count). The number of fused-ring (bicyclic) bond motifs is 3. The second kappa shape index (κ2) is 7.04. The Bertz CT molecular complexity index is 1120. The van der Waals surface area contributed by atoms with Crippen LogP contribution in [0.15, 0.2) is 18.2 Å². The number of ether oxygens (including phenoxy) is 1. The highest BCUT2D eigenvalue weighted by Crippen LogP contribution is 2.46. The summed E-state index contributed by atoms with van der Waals surface area (Å²) in [6.07, 6.45) is 0.820. The lowest BCUT2D eigenvalue weighted by molar-refractivity contribution is -0.148. The van der Waals surface area contributed by atoms with E-state index in [1.54, 1.807) is 7.05 Å². The number of benzene rings is 1. The van der Waals surface area contributed by atoms with Crippen molar-refractivity contribution in [2.45, 2.75) is 24.4 Å². The van der Waals surface area contributed by atoms with E-state index in [1.807, 2.05) is 0 Å². The lowest BCUT2D eigenvalue weighted by atomic mass is 9.92. The molecular formula is C20H17F2N3O4S. The molecule has 1 atom stereocenters. The number of rotatable bonds is 1. The summed E-state index contributed by atoms with van der Waals surface area (Å²) in [4.78, 5) is 28.7. The number of hydrogen-bond acceptors (Lipinski definition) is 6. The van der Waals surface area contributed by atoms with E-state index in [0.717, 1.165) is 0 Å². The maximum atomic E-state index is 14.5. The Morgan fingerprint density at radius 1 is 1.43 bits per heavy atom. The Labute approximate surface area is 174 Å². The quantitative estimate of drug-likeness (QED) is 0.667. The number of aromatic nitrogens is 1. The number of piperidine rings is 1. The summed E-state index contributed by atoms with van der Waals surface area (Å²) in [7, 11) is 1.59. The van der Waals surface area contributed by atoms with Gasteiger partial charge in [0, 0.05) is 24.7 Å². The molecule has 3 heterocycles. The highest BCUT2D eigenvalue weighted by molar-refractivity contribution is 7.14. The molecule has 0 spiro atoms. The third-order valence-corrected chi connectivity index (χ3v) is 6.14. The standard InChI is InChI=1S/C20H17F2N3O4S/c1-25-8-2-6-19(28,18(25)27)7-5-11-3-4-13-12(9-11)14-15(20(21,22)10-29-13)30-17(24-14)16(23)26/h3-4,9,28H,2,6,8,10H2,1H3,(H2,23,26). The number of alkyl halides is 2. The van der Waals surface area contributed by atoms with Crippen molar-refractivity contribution in [1.29, 1.82) is 0 Å². The molecule has 2 aliphatic heterocycles. The van der Waals surface area contributed by atoms with Gasteiger partial charge in [-0.2, -0.15) is 8.78 Å². The molecule has 2 aliphatic rings. The first-order valence-corrected chi connectivity index (χ1v) is 9.90. The van der Waals surface area contributed by atoms with Gasteiger partial charge in [0.25, 0.3) is 11.8 Å². The van der Waals surface area contributed by atoms with Gasteiger partial charge in [0.05, 0.1) is 5.69 Å². The number of likely N-dealkylation sites (N-methyl/N-ethyl adjacent to an activating group) is 1. The monoisotopic (exact) mass is 433 g/mol. The first kappa shape index (κ1) is 20.3. The number of primary amides is 1. The predicted molar refractivity (Wildman–Crippen MR) is 104 cm³/mol. The Morgan fingerprint density at radius 2 is 2.20 bits per heavy atom. The van der Waals surface area contributed by atoms with E-state index >= 15 is 0 Å². The van der Waals surface area contributed by atoms with E-state index in [0.29, 0.717) is 29.9 Å². The first-order valence-electron chi connectivity index (χ1n) is 9.08. The molecule has 1 aromatic heterocycles. The molecule has 1 saturated heterocycles. The van der Waals surface area contributed by atoms with Gasteiger partial charge in [-0.25, -0.2) is 4.98 Å². The van der Waals surface area contributed by atoms with Crippen LogP contribution in [-0.2, 0) is 10.7 Å². The van der Waals surface area contributed by atoms with Crippen molar-refractivity contribution in [3.63, 3.8) is 0 Å². The SMILES string of the molecule is CN1CCCC(O)(C#Cc2ccc3c(c2)-c2nc(C(N)=O)sc2C(F)(F)CO3)C1=O. The minimum Gasteiger partial charge on any atom is -0.486 e. The number of amides is 2. The number of nitrogens with two attached hydrogens (primary N) is 1. The fourth-order valence-corrected chi connectivity index (χ4v) is 4.29.